The smallest absolute Gasteiger partial charge is 0.243 e. The molecule has 0 spiro atoms. The van der Waals surface area contributed by atoms with Crippen LogP contribution >= 0.6 is 15.9 Å². The molecule has 1 heterocycles. The number of nitrogens with one attached hydrogen (secondary N) is 2. The van der Waals surface area contributed by atoms with Crippen molar-refractivity contribution in [3.63, 3.8) is 0 Å². The van der Waals surface area contributed by atoms with Crippen molar-refractivity contribution >= 4 is 44.5 Å². The van der Waals surface area contributed by atoms with Crippen molar-refractivity contribution < 1.29 is 9.59 Å². The Balaban J connectivity index is 1.47. The molecule has 0 aliphatic heterocycles. The van der Waals surface area contributed by atoms with Crippen molar-refractivity contribution in [3.8, 4) is 0 Å². The molecule has 7 heteroatoms. The van der Waals surface area contributed by atoms with Crippen molar-refractivity contribution in [3.05, 3.63) is 58.8 Å². The fourth-order valence-corrected chi connectivity index (χ4v) is 3.12. The first-order valence-electron chi connectivity index (χ1n) is 8.25. The highest BCUT2D eigenvalue weighted by molar-refractivity contribution is 9.10. The van der Waals surface area contributed by atoms with Crippen molar-refractivity contribution in [2.45, 2.75) is 19.9 Å². The first-order valence-corrected chi connectivity index (χ1v) is 9.05. The number of anilines is 1. The molecule has 0 saturated carbocycles. The fraction of sp³-hybridized carbons (Fsp3) is 0.211. The van der Waals surface area contributed by atoms with Gasteiger partial charge in [0.2, 0.25) is 11.8 Å². The van der Waals surface area contributed by atoms with E-state index >= 15 is 0 Å². The fourth-order valence-electron chi connectivity index (χ4n) is 2.64. The Kier molecular flexibility index (Phi) is 5.68. The van der Waals surface area contributed by atoms with E-state index in [1.54, 1.807) is 6.33 Å². The molecule has 6 nitrogen and oxygen atoms in total. The number of benzene rings is 2. The van der Waals surface area contributed by atoms with E-state index in [0.717, 1.165) is 26.8 Å². The van der Waals surface area contributed by atoms with E-state index in [4.69, 9.17) is 0 Å². The maximum Gasteiger partial charge on any atom is 0.243 e. The van der Waals surface area contributed by atoms with Gasteiger partial charge in [-0.15, -0.1) is 0 Å². The summed E-state index contributed by atoms with van der Waals surface area (Å²) in [6.45, 7) is 2.37. The molecule has 0 radical (unpaired) electrons. The van der Waals surface area contributed by atoms with Gasteiger partial charge < -0.3 is 15.2 Å². The van der Waals surface area contributed by atoms with E-state index in [1.165, 1.54) is 0 Å². The molecule has 0 aliphatic carbocycles. The molecule has 0 atom stereocenters. The van der Waals surface area contributed by atoms with Crippen molar-refractivity contribution in [2.75, 3.05) is 11.9 Å². The largest absolute Gasteiger partial charge is 0.347 e. The normalized spacial score (nSPS) is 10.7. The van der Waals surface area contributed by atoms with Gasteiger partial charge in [0.25, 0.3) is 0 Å². The summed E-state index contributed by atoms with van der Waals surface area (Å²) in [6, 6.07) is 13.4. The predicted molar refractivity (Wildman–Crippen MR) is 105 cm³/mol. The van der Waals surface area contributed by atoms with Crippen LogP contribution in [-0.2, 0) is 16.1 Å². The predicted octanol–water partition coefficient (Wildman–Crippen LogP) is 3.25. The Morgan fingerprint density at radius 1 is 1.15 bits per heavy atom. The molecule has 2 N–H and O–H groups in total. The summed E-state index contributed by atoms with van der Waals surface area (Å²) in [4.78, 5) is 28.3. The topological polar surface area (TPSA) is 76.0 Å². The number of nitrogens with zero attached hydrogens (tertiary/aromatic N) is 2. The molecule has 2 amide bonds. The number of para-hydroxylation sites is 2. The molecule has 3 rings (SSSR count). The molecule has 0 fully saturated rings. The molecule has 0 aliphatic rings. The average molecular weight is 415 g/mol. The summed E-state index contributed by atoms with van der Waals surface area (Å²) < 4.78 is 2.88. The van der Waals surface area contributed by atoms with Crippen LogP contribution in [0.2, 0.25) is 0 Å². The Bertz CT molecular complexity index is 952. The van der Waals surface area contributed by atoms with Gasteiger partial charge in [-0.2, -0.15) is 0 Å². The molecular formula is C19H19BrN4O2. The van der Waals surface area contributed by atoms with Gasteiger partial charge in [0.15, 0.2) is 0 Å². The molecule has 0 saturated heterocycles. The van der Waals surface area contributed by atoms with Crippen LogP contribution in [0.5, 0.6) is 0 Å². The molecule has 3 aromatic rings. The van der Waals surface area contributed by atoms with Gasteiger partial charge >= 0.3 is 0 Å². The van der Waals surface area contributed by atoms with Gasteiger partial charge in [-0.05, 0) is 42.8 Å². The Labute approximate surface area is 159 Å². The highest BCUT2D eigenvalue weighted by atomic mass is 79.9. The number of aromatic nitrogens is 2. The van der Waals surface area contributed by atoms with E-state index in [-0.39, 0.29) is 24.8 Å². The second-order valence-corrected chi connectivity index (χ2v) is 6.88. The van der Waals surface area contributed by atoms with Crippen molar-refractivity contribution in [2.24, 2.45) is 0 Å². The number of hydrogen-bond donors (Lipinski definition) is 2. The summed E-state index contributed by atoms with van der Waals surface area (Å²) in [5, 5.41) is 5.45. The lowest BCUT2D eigenvalue weighted by atomic mass is 10.2. The summed E-state index contributed by atoms with van der Waals surface area (Å²) in [5.41, 5.74) is 3.57. The number of aryl methyl sites for hydroxylation is 2. The molecule has 1 aromatic heterocycles. The average Bonchev–Trinajstić information content (AvgIpc) is 3.04. The number of carbonyl (C=O) groups excluding carboxylic acids is 2. The van der Waals surface area contributed by atoms with Gasteiger partial charge in [-0.1, -0.05) is 28.1 Å². The maximum absolute atomic E-state index is 12.0. The number of fused-ring (bicyclic) bond motifs is 1. The highest BCUT2D eigenvalue weighted by Crippen LogP contribution is 2.19. The Morgan fingerprint density at radius 3 is 2.77 bits per heavy atom. The molecule has 0 unspecified atom stereocenters. The van der Waals surface area contributed by atoms with Crippen LogP contribution in [-0.4, -0.2) is 27.9 Å². The Morgan fingerprint density at radius 2 is 1.96 bits per heavy atom. The number of imidazole rings is 1. The van der Waals surface area contributed by atoms with Gasteiger partial charge in [-0.3, -0.25) is 9.59 Å². The molecule has 134 valence electrons. The van der Waals surface area contributed by atoms with Crippen LogP contribution in [0.25, 0.3) is 11.0 Å². The Hall–Kier alpha value is -2.67. The van der Waals surface area contributed by atoms with E-state index in [0.29, 0.717) is 6.54 Å². The standard InChI is InChI=1S/C19H19BrN4O2/c1-13-10-14(20)6-7-15(13)23-19(26)11-21-18(25)8-9-24-12-22-16-4-2-3-5-17(16)24/h2-7,10,12H,8-9,11H2,1H3,(H,21,25)(H,23,26). The van der Waals surface area contributed by atoms with E-state index < -0.39 is 0 Å². The SMILES string of the molecule is Cc1cc(Br)ccc1NC(=O)CNC(=O)CCn1cnc2ccccc21. The second-order valence-electron chi connectivity index (χ2n) is 5.96. The number of rotatable bonds is 6. The minimum atomic E-state index is -0.253. The van der Waals surface area contributed by atoms with Crippen LogP contribution < -0.4 is 10.6 Å². The maximum atomic E-state index is 12.0. The lowest BCUT2D eigenvalue weighted by molar-refractivity contribution is -0.124. The third kappa shape index (κ3) is 4.49. The first kappa shape index (κ1) is 18.1. The summed E-state index contributed by atoms with van der Waals surface area (Å²) >= 11 is 3.38. The third-order valence-electron chi connectivity index (χ3n) is 4.02. The van der Waals surface area contributed by atoms with E-state index in [1.807, 2.05) is 54.0 Å². The highest BCUT2D eigenvalue weighted by Gasteiger charge is 2.09. The van der Waals surface area contributed by atoms with E-state index in [2.05, 4.69) is 31.5 Å². The number of halogens is 1. The van der Waals surface area contributed by atoms with Gasteiger partial charge in [0, 0.05) is 23.1 Å². The number of amides is 2. The van der Waals surface area contributed by atoms with Crippen LogP contribution in [0.15, 0.2) is 53.3 Å². The van der Waals surface area contributed by atoms with Gasteiger partial charge in [0.05, 0.1) is 23.9 Å². The molecule has 26 heavy (non-hydrogen) atoms. The van der Waals surface area contributed by atoms with Crippen LogP contribution in [0, 0.1) is 6.92 Å². The minimum Gasteiger partial charge on any atom is -0.347 e. The summed E-state index contributed by atoms with van der Waals surface area (Å²) in [5.74, 6) is -0.428. The second kappa shape index (κ2) is 8.14. The number of hydrogen-bond acceptors (Lipinski definition) is 3. The van der Waals surface area contributed by atoms with Crippen molar-refractivity contribution in [1.29, 1.82) is 0 Å². The molecule has 0 bridgehead atoms. The zero-order valence-electron chi connectivity index (χ0n) is 14.3. The molecular weight excluding hydrogens is 396 g/mol. The monoisotopic (exact) mass is 414 g/mol. The lowest BCUT2D eigenvalue weighted by Gasteiger charge is -2.10. The zero-order valence-corrected chi connectivity index (χ0v) is 15.9. The van der Waals surface area contributed by atoms with Crippen molar-refractivity contribution in [1.82, 2.24) is 14.9 Å². The summed E-state index contributed by atoms with van der Waals surface area (Å²) in [7, 11) is 0. The zero-order chi connectivity index (χ0) is 18.5. The van der Waals surface area contributed by atoms with Gasteiger partial charge in [0.1, 0.15) is 0 Å². The quantitative estimate of drug-likeness (QED) is 0.649. The van der Waals surface area contributed by atoms with Crippen LogP contribution in [0.3, 0.4) is 0 Å². The lowest BCUT2D eigenvalue weighted by Crippen LogP contribution is -2.33. The number of carbonyl (C=O) groups is 2. The minimum absolute atomic E-state index is 0.0565. The first-order chi connectivity index (χ1) is 12.5. The van der Waals surface area contributed by atoms with E-state index in [9.17, 15) is 9.59 Å². The molecule has 2 aromatic carbocycles. The van der Waals surface area contributed by atoms with Crippen LogP contribution in [0.4, 0.5) is 5.69 Å². The van der Waals surface area contributed by atoms with Crippen LogP contribution in [0.1, 0.15) is 12.0 Å². The summed E-state index contributed by atoms with van der Waals surface area (Å²) in [6.07, 6.45) is 2.01. The van der Waals surface area contributed by atoms with Gasteiger partial charge in [-0.25, -0.2) is 4.98 Å². The third-order valence-corrected chi connectivity index (χ3v) is 4.51.